The molecule has 2 aromatic heterocycles. The fourth-order valence-electron chi connectivity index (χ4n) is 2.47. The van der Waals surface area contributed by atoms with Gasteiger partial charge in [-0.3, -0.25) is 9.78 Å². The Morgan fingerprint density at radius 1 is 1.12 bits per heavy atom. The maximum atomic E-state index is 12.7. The predicted molar refractivity (Wildman–Crippen MR) is 91.5 cm³/mol. The molecule has 0 bridgehead atoms. The Kier molecular flexibility index (Phi) is 4.70. The Morgan fingerprint density at radius 2 is 1.83 bits per heavy atom. The third-order valence-electron chi connectivity index (χ3n) is 3.84. The van der Waals surface area contributed by atoms with E-state index in [0.29, 0.717) is 30.0 Å². The molecule has 3 aromatic rings. The number of carbonyl (C=O) groups excluding carboxylic acids is 1. The molecule has 0 radical (unpaired) electrons. The first-order valence-electron chi connectivity index (χ1n) is 7.91. The smallest absolute Gasteiger partial charge is 0.257 e. The zero-order valence-corrected chi connectivity index (χ0v) is 13.7. The lowest BCUT2D eigenvalue weighted by molar-refractivity contribution is 0.0950. The van der Waals surface area contributed by atoms with E-state index < -0.39 is 0 Å². The first-order chi connectivity index (χ1) is 11.7. The molecule has 5 nitrogen and oxygen atoms in total. The molecule has 0 saturated carbocycles. The van der Waals surface area contributed by atoms with Crippen LogP contribution in [0.3, 0.4) is 0 Å². The predicted octanol–water partition coefficient (Wildman–Crippen LogP) is 3.54. The number of pyridine rings is 1. The highest BCUT2D eigenvalue weighted by molar-refractivity contribution is 6.00. The summed E-state index contributed by atoms with van der Waals surface area (Å²) in [6, 6.07) is 11.6. The number of hydrogen-bond acceptors (Lipinski definition) is 4. The summed E-state index contributed by atoms with van der Waals surface area (Å²) in [5, 5.41) is 6.99. The van der Waals surface area contributed by atoms with Crippen LogP contribution in [0.4, 0.5) is 0 Å². The molecule has 0 aliphatic heterocycles. The van der Waals surface area contributed by atoms with Gasteiger partial charge in [-0.2, -0.15) is 0 Å². The molecule has 1 amide bonds. The zero-order chi connectivity index (χ0) is 16.9. The van der Waals surface area contributed by atoms with Crippen LogP contribution in [-0.4, -0.2) is 16.0 Å². The second-order valence-corrected chi connectivity index (χ2v) is 5.59. The summed E-state index contributed by atoms with van der Waals surface area (Å²) in [6.45, 7) is 4.41. The van der Waals surface area contributed by atoms with Gasteiger partial charge in [0.1, 0.15) is 5.56 Å². The molecule has 1 N–H and O–H groups in total. The fraction of sp³-hybridized carbons (Fsp3) is 0.211. The maximum Gasteiger partial charge on any atom is 0.257 e. The van der Waals surface area contributed by atoms with Crippen LogP contribution in [0.1, 0.15) is 34.1 Å². The highest BCUT2D eigenvalue weighted by Crippen LogP contribution is 2.27. The standard InChI is InChI=1S/C19H19N3O2/c1-3-16-17(19(23)21-12-14-8-10-20-11-9-14)18(24-22-16)15-6-4-13(2)5-7-15/h4-11H,3,12H2,1-2H3,(H,21,23). The fourth-order valence-corrected chi connectivity index (χ4v) is 2.47. The van der Waals surface area contributed by atoms with Crippen molar-refractivity contribution in [2.75, 3.05) is 0 Å². The lowest BCUT2D eigenvalue weighted by Crippen LogP contribution is -2.24. The van der Waals surface area contributed by atoms with Gasteiger partial charge in [0.05, 0.1) is 5.69 Å². The first kappa shape index (κ1) is 15.9. The van der Waals surface area contributed by atoms with Crippen LogP contribution in [0.15, 0.2) is 53.3 Å². The molecule has 2 heterocycles. The number of carbonyl (C=O) groups is 1. The van der Waals surface area contributed by atoms with E-state index in [-0.39, 0.29) is 5.91 Å². The molecule has 0 fully saturated rings. The van der Waals surface area contributed by atoms with Crippen LogP contribution >= 0.6 is 0 Å². The van der Waals surface area contributed by atoms with Crippen LogP contribution in [0, 0.1) is 6.92 Å². The van der Waals surface area contributed by atoms with Crippen LogP contribution in [-0.2, 0) is 13.0 Å². The molecule has 122 valence electrons. The van der Waals surface area contributed by atoms with E-state index in [0.717, 1.165) is 16.7 Å². The SMILES string of the molecule is CCc1noc(-c2ccc(C)cc2)c1C(=O)NCc1ccncc1. The number of amides is 1. The highest BCUT2D eigenvalue weighted by atomic mass is 16.5. The van der Waals surface area contributed by atoms with E-state index in [1.165, 1.54) is 0 Å². The van der Waals surface area contributed by atoms with Gasteiger partial charge in [0.2, 0.25) is 0 Å². The minimum atomic E-state index is -0.180. The summed E-state index contributed by atoms with van der Waals surface area (Å²) < 4.78 is 5.46. The average Bonchev–Trinajstić information content (AvgIpc) is 3.05. The van der Waals surface area contributed by atoms with E-state index in [1.54, 1.807) is 12.4 Å². The number of nitrogens with one attached hydrogen (secondary N) is 1. The summed E-state index contributed by atoms with van der Waals surface area (Å²) in [5.41, 5.74) is 4.16. The number of rotatable bonds is 5. The Balaban J connectivity index is 1.87. The summed E-state index contributed by atoms with van der Waals surface area (Å²) in [4.78, 5) is 16.7. The van der Waals surface area contributed by atoms with Crippen LogP contribution in [0.2, 0.25) is 0 Å². The van der Waals surface area contributed by atoms with Crippen molar-refractivity contribution in [2.24, 2.45) is 0 Å². The maximum absolute atomic E-state index is 12.7. The molecule has 0 spiro atoms. The van der Waals surface area contributed by atoms with Gasteiger partial charge in [0.25, 0.3) is 5.91 Å². The third kappa shape index (κ3) is 3.35. The van der Waals surface area contributed by atoms with Crippen LogP contribution in [0.25, 0.3) is 11.3 Å². The normalized spacial score (nSPS) is 10.6. The molecule has 0 aliphatic carbocycles. The summed E-state index contributed by atoms with van der Waals surface area (Å²) in [5.74, 6) is 0.333. The molecule has 0 unspecified atom stereocenters. The van der Waals surface area contributed by atoms with Crippen molar-refractivity contribution in [2.45, 2.75) is 26.8 Å². The van der Waals surface area contributed by atoms with Gasteiger partial charge in [0, 0.05) is 24.5 Å². The summed E-state index contributed by atoms with van der Waals surface area (Å²) in [6.07, 6.45) is 4.04. The summed E-state index contributed by atoms with van der Waals surface area (Å²) >= 11 is 0. The van der Waals surface area contributed by atoms with Crippen LogP contribution < -0.4 is 5.32 Å². The number of nitrogens with zero attached hydrogens (tertiary/aromatic N) is 2. The lowest BCUT2D eigenvalue weighted by atomic mass is 10.0. The van der Waals surface area contributed by atoms with Crippen LogP contribution in [0.5, 0.6) is 0 Å². The molecule has 5 heteroatoms. The Bertz CT molecular complexity index is 824. The number of benzene rings is 1. The number of hydrogen-bond donors (Lipinski definition) is 1. The van der Waals surface area contributed by atoms with Gasteiger partial charge >= 0.3 is 0 Å². The van der Waals surface area contributed by atoms with E-state index >= 15 is 0 Å². The largest absolute Gasteiger partial charge is 0.355 e. The molecule has 0 aliphatic rings. The third-order valence-corrected chi connectivity index (χ3v) is 3.84. The van der Waals surface area contributed by atoms with Gasteiger partial charge in [0.15, 0.2) is 5.76 Å². The highest BCUT2D eigenvalue weighted by Gasteiger charge is 2.22. The monoisotopic (exact) mass is 321 g/mol. The van der Waals surface area contributed by atoms with E-state index in [2.05, 4.69) is 15.5 Å². The van der Waals surface area contributed by atoms with Gasteiger partial charge in [-0.1, -0.05) is 41.9 Å². The Morgan fingerprint density at radius 3 is 2.50 bits per heavy atom. The van der Waals surface area contributed by atoms with Gasteiger partial charge in [-0.25, -0.2) is 0 Å². The summed E-state index contributed by atoms with van der Waals surface area (Å²) in [7, 11) is 0. The van der Waals surface area contributed by atoms with Crippen molar-refractivity contribution in [1.82, 2.24) is 15.5 Å². The molecule has 24 heavy (non-hydrogen) atoms. The van der Waals surface area contributed by atoms with Gasteiger partial charge in [-0.05, 0) is 31.0 Å². The molecule has 0 atom stereocenters. The quantitative estimate of drug-likeness (QED) is 0.780. The van der Waals surface area contributed by atoms with Gasteiger partial charge in [-0.15, -0.1) is 0 Å². The minimum Gasteiger partial charge on any atom is -0.355 e. The average molecular weight is 321 g/mol. The molecular formula is C19H19N3O2. The lowest BCUT2D eigenvalue weighted by Gasteiger charge is -2.06. The second kappa shape index (κ2) is 7.08. The first-order valence-corrected chi connectivity index (χ1v) is 7.91. The minimum absolute atomic E-state index is 0.180. The second-order valence-electron chi connectivity index (χ2n) is 5.59. The zero-order valence-electron chi connectivity index (χ0n) is 13.7. The number of aromatic nitrogens is 2. The molecule has 3 rings (SSSR count). The van der Waals surface area contributed by atoms with Crippen molar-refractivity contribution < 1.29 is 9.32 Å². The Hall–Kier alpha value is -2.95. The van der Waals surface area contributed by atoms with Gasteiger partial charge < -0.3 is 9.84 Å². The van der Waals surface area contributed by atoms with E-state index in [9.17, 15) is 4.79 Å². The molecular weight excluding hydrogens is 302 g/mol. The van der Waals surface area contributed by atoms with Crippen molar-refractivity contribution in [3.05, 3.63) is 71.2 Å². The molecule has 0 saturated heterocycles. The van der Waals surface area contributed by atoms with Crippen molar-refractivity contribution in [3.8, 4) is 11.3 Å². The number of aryl methyl sites for hydroxylation is 2. The van der Waals surface area contributed by atoms with E-state index in [4.69, 9.17) is 4.52 Å². The van der Waals surface area contributed by atoms with Crippen molar-refractivity contribution in [1.29, 1.82) is 0 Å². The topological polar surface area (TPSA) is 68.0 Å². The Labute approximate surface area is 140 Å². The van der Waals surface area contributed by atoms with Crippen molar-refractivity contribution in [3.63, 3.8) is 0 Å². The van der Waals surface area contributed by atoms with E-state index in [1.807, 2.05) is 50.2 Å². The van der Waals surface area contributed by atoms with Crippen molar-refractivity contribution >= 4 is 5.91 Å². The molecule has 1 aromatic carbocycles.